The fourth-order valence-corrected chi connectivity index (χ4v) is 4.52. The van der Waals surface area contributed by atoms with E-state index in [1.54, 1.807) is 6.07 Å². The molecule has 0 saturated carbocycles. The number of carbonyl (C=O) groups is 1. The van der Waals surface area contributed by atoms with E-state index >= 15 is 0 Å². The summed E-state index contributed by atoms with van der Waals surface area (Å²) in [6, 6.07) is 27.4. The van der Waals surface area contributed by atoms with Crippen LogP contribution in [0.1, 0.15) is 27.0 Å². The van der Waals surface area contributed by atoms with Crippen molar-refractivity contribution in [3.8, 4) is 11.1 Å². The molecule has 2 N–H and O–H groups in total. The van der Waals surface area contributed by atoms with Crippen LogP contribution < -0.4 is 5.73 Å². The Morgan fingerprint density at radius 1 is 0.969 bits per heavy atom. The van der Waals surface area contributed by atoms with E-state index < -0.39 is 5.91 Å². The number of aryl methyl sites for hydroxylation is 1. The van der Waals surface area contributed by atoms with Crippen LogP contribution in [0, 0.1) is 19.9 Å². The lowest BCUT2D eigenvalue weighted by Gasteiger charge is -2.13. The van der Waals surface area contributed by atoms with Crippen molar-refractivity contribution in [2.75, 3.05) is 0 Å². The highest BCUT2D eigenvalue weighted by molar-refractivity contribution is 6.30. The molecule has 0 bridgehead atoms. The zero-order valence-corrected chi connectivity index (χ0v) is 18.7. The molecule has 0 saturated heterocycles. The lowest BCUT2D eigenvalue weighted by atomic mass is 10.0. The van der Waals surface area contributed by atoms with Crippen LogP contribution >= 0.6 is 11.6 Å². The highest BCUT2D eigenvalue weighted by atomic mass is 35.5. The van der Waals surface area contributed by atoms with Crippen LogP contribution in [-0.2, 0) is 6.54 Å². The summed E-state index contributed by atoms with van der Waals surface area (Å²) in [4.78, 5) is 12.2. The molecule has 3 nitrogen and oxygen atoms in total. The summed E-state index contributed by atoms with van der Waals surface area (Å²) in [5.41, 5.74) is 14.1. The maximum Gasteiger partial charge on any atom is 0.249 e. The molecule has 0 spiro atoms. The first kappa shape index (κ1) is 20.3. The number of nitrogens with zero attached hydrogens (tertiary/aromatic N) is 1. The zero-order valence-electron chi connectivity index (χ0n) is 17.9. The molecular weight excluding hydrogens is 416 g/mol. The van der Waals surface area contributed by atoms with Crippen LogP contribution in [0.3, 0.4) is 0 Å². The lowest BCUT2D eigenvalue weighted by Crippen LogP contribution is -2.11. The Kier molecular flexibility index (Phi) is 4.99. The fraction of sp³-hybridized carbons (Fsp3) is 0.107. The molecule has 0 atom stereocenters. The van der Waals surface area contributed by atoms with Crippen molar-refractivity contribution in [3.63, 3.8) is 0 Å². The third-order valence-corrected chi connectivity index (χ3v) is 6.53. The third-order valence-electron chi connectivity index (χ3n) is 6.28. The second-order valence-electron chi connectivity index (χ2n) is 8.16. The number of rotatable bonds is 4. The molecule has 0 fully saturated rings. The van der Waals surface area contributed by atoms with E-state index in [1.165, 1.54) is 16.7 Å². The average Bonchev–Trinajstić information content (AvgIpc) is 3.10. The van der Waals surface area contributed by atoms with Crippen LogP contribution in [-0.4, -0.2) is 10.5 Å². The van der Waals surface area contributed by atoms with E-state index in [-0.39, 0.29) is 0 Å². The van der Waals surface area contributed by atoms with Crippen molar-refractivity contribution in [3.05, 3.63) is 106 Å². The summed E-state index contributed by atoms with van der Waals surface area (Å²) in [6.07, 6.45) is 0. The molecule has 1 heterocycles. The van der Waals surface area contributed by atoms with Crippen LogP contribution in [0.2, 0.25) is 5.02 Å². The number of benzene rings is 4. The van der Waals surface area contributed by atoms with Crippen LogP contribution in [0.25, 0.3) is 32.9 Å². The fourth-order valence-electron chi connectivity index (χ4n) is 4.39. The summed E-state index contributed by atoms with van der Waals surface area (Å²) < 4.78 is 2.26. The van der Waals surface area contributed by atoms with Crippen molar-refractivity contribution < 1.29 is 4.79 Å². The van der Waals surface area contributed by atoms with Crippen LogP contribution in [0.4, 0.5) is 0 Å². The molecule has 1 aromatic heterocycles. The molecule has 32 heavy (non-hydrogen) atoms. The Morgan fingerprint density at radius 3 is 2.47 bits per heavy atom. The highest BCUT2D eigenvalue weighted by Crippen LogP contribution is 2.35. The molecule has 0 aliphatic rings. The van der Waals surface area contributed by atoms with Crippen molar-refractivity contribution in [1.29, 1.82) is 0 Å². The van der Waals surface area contributed by atoms with Crippen molar-refractivity contribution in [1.82, 2.24) is 4.57 Å². The predicted molar refractivity (Wildman–Crippen MR) is 132 cm³/mol. The maximum absolute atomic E-state index is 12.2. The van der Waals surface area contributed by atoms with Gasteiger partial charge in [-0.1, -0.05) is 48.0 Å². The number of aromatic nitrogens is 1. The maximum atomic E-state index is 12.2. The molecule has 4 aromatic carbocycles. The Bertz CT molecular complexity index is 1500. The molecule has 157 valence electrons. The smallest absolute Gasteiger partial charge is 0.249 e. The van der Waals surface area contributed by atoms with E-state index in [1.807, 2.05) is 42.5 Å². The van der Waals surface area contributed by atoms with Crippen LogP contribution in [0.5, 0.6) is 0 Å². The molecule has 0 unspecified atom stereocenters. The van der Waals surface area contributed by atoms with Gasteiger partial charge in [0, 0.05) is 27.9 Å². The number of hydrogen-bond donors (Lipinski definition) is 1. The quantitative estimate of drug-likeness (QED) is 0.335. The standard InChI is InChI=1S/C28H22ClN2O/c1-17-5-3-6-21(18(17)2)16-31-25-8-4-7-24(28(30)32)27(25)23-14-11-20(15-26(23)31)19-9-12-22(29)13-10-19/h3-13,15H,16H2,1-2H3,(H2,30,32). The average molecular weight is 438 g/mol. The van der Waals surface area contributed by atoms with E-state index in [0.717, 1.165) is 32.9 Å². The summed E-state index contributed by atoms with van der Waals surface area (Å²) >= 11 is 6.08. The first-order chi connectivity index (χ1) is 15.4. The molecular formula is C28H22ClN2O. The monoisotopic (exact) mass is 437 g/mol. The highest BCUT2D eigenvalue weighted by Gasteiger charge is 2.18. The van der Waals surface area contributed by atoms with Gasteiger partial charge in [0.05, 0.1) is 11.0 Å². The number of fused-ring (bicyclic) bond motifs is 3. The van der Waals surface area contributed by atoms with Crippen molar-refractivity contribution in [2.45, 2.75) is 20.4 Å². The summed E-state index contributed by atoms with van der Waals surface area (Å²) in [7, 11) is 0. The van der Waals surface area contributed by atoms with Gasteiger partial charge >= 0.3 is 0 Å². The molecule has 5 aromatic rings. The third kappa shape index (κ3) is 3.35. The second-order valence-corrected chi connectivity index (χ2v) is 8.60. The van der Waals surface area contributed by atoms with Gasteiger partial charge in [-0.15, -0.1) is 0 Å². The largest absolute Gasteiger partial charge is 0.366 e. The van der Waals surface area contributed by atoms with Gasteiger partial charge in [0.25, 0.3) is 0 Å². The SMILES string of the molecule is Cc1cccc(Cn2c3cc(-c4ccc(Cl)cc4)c[c]c3c3c(C(N)=O)cccc32)c1C. The van der Waals surface area contributed by atoms with Gasteiger partial charge in [0.15, 0.2) is 0 Å². The molecule has 1 radical (unpaired) electrons. The zero-order chi connectivity index (χ0) is 22.4. The molecule has 1 amide bonds. The molecule has 0 aliphatic carbocycles. The summed E-state index contributed by atoms with van der Waals surface area (Å²) in [5.74, 6) is -0.434. The van der Waals surface area contributed by atoms with Crippen molar-refractivity contribution >= 4 is 39.3 Å². The number of primary amides is 1. The molecule has 0 aliphatic heterocycles. The summed E-state index contributed by atoms with van der Waals surface area (Å²) in [6.45, 7) is 4.97. The minimum Gasteiger partial charge on any atom is -0.366 e. The first-order valence-electron chi connectivity index (χ1n) is 10.5. The van der Waals surface area contributed by atoms with E-state index in [2.05, 4.69) is 48.7 Å². The minimum atomic E-state index is -0.434. The Balaban J connectivity index is 1.81. The Morgan fingerprint density at radius 2 is 1.72 bits per heavy atom. The minimum absolute atomic E-state index is 0.434. The lowest BCUT2D eigenvalue weighted by molar-refractivity contribution is 0.100. The number of carbonyl (C=O) groups excluding carboxylic acids is 1. The van der Waals surface area contributed by atoms with Gasteiger partial charge in [0.1, 0.15) is 0 Å². The van der Waals surface area contributed by atoms with Gasteiger partial charge < -0.3 is 10.3 Å². The predicted octanol–water partition coefficient (Wildman–Crippen LogP) is 6.68. The molecule has 5 rings (SSSR count). The first-order valence-corrected chi connectivity index (χ1v) is 10.9. The van der Waals surface area contributed by atoms with E-state index in [0.29, 0.717) is 17.1 Å². The Hall–Kier alpha value is -3.56. The number of amides is 1. The molecule has 4 heteroatoms. The van der Waals surface area contributed by atoms with Crippen LogP contribution in [0.15, 0.2) is 72.8 Å². The number of halogens is 1. The normalized spacial score (nSPS) is 11.3. The topological polar surface area (TPSA) is 48.0 Å². The number of hydrogen-bond acceptors (Lipinski definition) is 1. The second kappa shape index (κ2) is 7.85. The summed E-state index contributed by atoms with van der Waals surface area (Å²) in [5, 5.41) is 2.45. The van der Waals surface area contributed by atoms with Gasteiger partial charge in [0.2, 0.25) is 5.91 Å². The number of nitrogens with two attached hydrogens (primary N) is 1. The van der Waals surface area contributed by atoms with Gasteiger partial charge in [-0.2, -0.15) is 0 Å². The van der Waals surface area contributed by atoms with E-state index in [9.17, 15) is 4.79 Å². The van der Waals surface area contributed by atoms with Gasteiger partial charge in [-0.25, -0.2) is 0 Å². The van der Waals surface area contributed by atoms with Gasteiger partial charge in [-0.05, 0) is 84.1 Å². The van der Waals surface area contributed by atoms with Crippen molar-refractivity contribution in [2.24, 2.45) is 5.73 Å². The van der Waals surface area contributed by atoms with E-state index in [4.69, 9.17) is 17.3 Å². The Labute approximate surface area is 192 Å². The van der Waals surface area contributed by atoms with Gasteiger partial charge in [-0.3, -0.25) is 4.79 Å².